The van der Waals surface area contributed by atoms with E-state index in [9.17, 15) is 12.8 Å². The summed E-state index contributed by atoms with van der Waals surface area (Å²) in [5.74, 6) is 0.0247. The van der Waals surface area contributed by atoms with E-state index in [-0.39, 0.29) is 12.3 Å². The van der Waals surface area contributed by atoms with Crippen LogP contribution in [0.1, 0.15) is 30.9 Å². The molecule has 0 unspecified atom stereocenters. The highest BCUT2D eigenvalue weighted by Gasteiger charge is 2.11. The van der Waals surface area contributed by atoms with Gasteiger partial charge in [0.25, 0.3) is 0 Å². The van der Waals surface area contributed by atoms with Crippen LogP contribution >= 0.6 is 0 Å². The van der Waals surface area contributed by atoms with E-state index in [0.29, 0.717) is 30.2 Å². The van der Waals surface area contributed by atoms with E-state index in [0.717, 1.165) is 25.7 Å². The van der Waals surface area contributed by atoms with E-state index in [1.54, 1.807) is 7.05 Å². The first-order chi connectivity index (χ1) is 11.9. The van der Waals surface area contributed by atoms with Gasteiger partial charge in [-0.3, -0.25) is 4.99 Å². The number of hydrogen-bond donors (Lipinski definition) is 2. The van der Waals surface area contributed by atoms with Crippen molar-refractivity contribution in [1.82, 2.24) is 10.6 Å². The van der Waals surface area contributed by atoms with Gasteiger partial charge in [0, 0.05) is 33.0 Å². The second kappa shape index (κ2) is 11.0. The standard InChI is InChI=1S/C17H28FN3O3S/c1-4-5-9-24-10-8-20-17(19-2)21-12-15-11-16(18)7-6-14(15)13-25(3,22)23/h6-7,11H,4-5,8-10,12-13H2,1-3H3,(H2,19,20,21). The van der Waals surface area contributed by atoms with Crippen molar-refractivity contribution >= 4 is 15.8 Å². The highest BCUT2D eigenvalue weighted by atomic mass is 32.2. The fourth-order valence-electron chi connectivity index (χ4n) is 2.17. The first-order valence-corrected chi connectivity index (χ1v) is 10.4. The fourth-order valence-corrected chi connectivity index (χ4v) is 3.02. The summed E-state index contributed by atoms with van der Waals surface area (Å²) in [6.07, 6.45) is 3.29. The van der Waals surface area contributed by atoms with Crippen molar-refractivity contribution in [2.24, 2.45) is 4.99 Å². The summed E-state index contributed by atoms with van der Waals surface area (Å²) in [4.78, 5) is 4.09. The summed E-state index contributed by atoms with van der Waals surface area (Å²) in [6, 6.07) is 4.12. The second-order valence-electron chi connectivity index (χ2n) is 5.80. The highest BCUT2D eigenvalue weighted by Crippen LogP contribution is 2.14. The van der Waals surface area contributed by atoms with E-state index < -0.39 is 15.7 Å². The molecular weight excluding hydrogens is 345 g/mol. The lowest BCUT2D eigenvalue weighted by Crippen LogP contribution is -2.38. The van der Waals surface area contributed by atoms with Gasteiger partial charge in [-0.25, -0.2) is 12.8 Å². The molecule has 0 amide bonds. The van der Waals surface area contributed by atoms with Gasteiger partial charge in [-0.1, -0.05) is 19.4 Å². The van der Waals surface area contributed by atoms with Crippen LogP contribution in [0.3, 0.4) is 0 Å². The van der Waals surface area contributed by atoms with Crippen LogP contribution in [-0.4, -0.2) is 47.4 Å². The Morgan fingerprint density at radius 3 is 2.64 bits per heavy atom. The molecule has 1 rings (SSSR count). The summed E-state index contributed by atoms with van der Waals surface area (Å²) >= 11 is 0. The molecule has 8 heteroatoms. The van der Waals surface area contributed by atoms with Crippen LogP contribution in [0, 0.1) is 5.82 Å². The molecule has 6 nitrogen and oxygen atoms in total. The Labute approximate surface area is 149 Å². The van der Waals surface area contributed by atoms with Crippen molar-refractivity contribution in [3.63, 3.8) is 0 Å². The molecule has 0 aliphatic heterocycles. The summed E-state index contributed by atoms with van der Waals surface area (Å²) in [6.45, 7) is 4.29. The lowest BCUT2D eigenvalue weighted by molar-refractivity contribution is 0.136. The van der Waals surface area contributed by atoms with E-state index in [4.69, 9.17) is 4.74 Å². The van der Waals surface area contributed by atoms with Crippen molar-refractivity contribution < 1.29 is 17.5 Å². The number of sulfone groups is 1. The number of rotatable bonds is 10. The van der Waals surface area contributed by atoms with Crippen LogP contribution in [0.2, 0.25) is 0 Å². The van der Waals surface area contributed by atoms with Crippen LogP contribution in [0.25, 0.3) is 0 Å². The van der Waals surface area contributed by atoms with Crippen LogP contribution < -0.4 is 10.6 Å². The molecule has 0 aliphatic carbocycles. The zero-order valence-electron chi connectivity index (χ0n) is 15.1. The van der Waals surface area contributed by atoms with E-state index >= 15 is 0 Å². The van der Waals surface area contributed by atoms with Crippen LogP contribution in [0.15, 0.2) is 23.2 Å². The van der Waals surface area contributed by atoms with Gasteiger partial charge >= 0.3 is 0 Å². The molecule has 25 heavy (non-hydrogen) atoms. The predicted molar refractivity (Wildman–Crippen MR) is 98.9 cm³/mol. The molecule has 2 N–H and O–H groups in total. The summed E-state index contributed by atoms with van der Waals surface area (Å²) in [5.41, 5.74) is 1.17. The molecule has 0 saturated heterocycles. The van der Waals surface area contributed by atoms with E-state index in [2.05, 4.69) is 22.5 Å². The van der Waals surface area contributed by atoms with Crippen molar-refractivity contribution in [2.45, 2.75) is 32.1 Å². The van der Waals surface area contributed by atoms with Crippen LogP contribution in [0.5, 0.6) is 0 Å². The molecule has 0 radical (unpaired) electrons. The third-order valence-electron chi connectivity index (χ3n) is 3.44. The predicted octanol–water partition coefficient (Wildman–Crippen LogP) is 1.85. The Hall–Kier alpha value is -1.67. The van der Waals surface area contributed by atoms with Crippen LogP contribution in [0.4, 0.5) is 4.39 Å². The minimum absolute atomic E-state index is 0.123. The number of nitrogens with one attached hydrogen (secondary N) is 2. The van der Waals surface area contributed by atoms with Crippen molar-refractivity contribution in [3.8, 4) is 0 Å². The number of halogens is 1. The quantitative estimate of drug-likeness (QED) is 0.372. The van der Waals surface area contributed by atoms with Gasteiger partial charge in [-0.2, -0.15) is 0 Å². The number of guanidine groups is 1. The van der Waals surface area contributed by atoms with Gasteiger partial charge in [0.2, 0.25) is 0 Å². The molecule has 0 aromatic heterocycles. The number of unbranched alkanes of at least 4 members (excludes halogenated alkanes) is 1. The molecule has 1 aromatic rings. The first kappa shape index (κ1) is 21.4. The van der Waals surface area contributed by atoms with E-state index in [1.807, 2.05) is 0 Å². The van der Waals surface area contributed by atoms with Gasteiger partial charge in [0.15, 0.2) is 15.8 Å². The molecule has 0 bridgehead atoms. The average Bonchev–Trinajstić information content (AvgIpc) is 2.54. The summed E-state index contributed by atoms with van der Waals surface area (Å²) < 4.78 is 42.0. The number of hydrogen-bond acceptors (Lipinski definition) is 4. The SMILES string of the molecule is CCCCOCCNC(=NC)NCc1cc(F)ccc1CS(C)(=O)=O. The smallest absolute Gasteiger partial charge is 0.191 e. The fraction of sp³-hybridized carbons (Fsp3) is 0.588. The lowest BCUT2D eigenvalue weighted by Gasteiger charge is -2.14. The maximum Gasteiger partial charge on any atom is 0.191 e. The molecule has 0 saturated carbocycles. The molecule has 0 aliphatic rings. The molecule has 0 heterocycles. The first-order valence-electron chi connectivity index (χ1n) is 8.33. The Bertz CT molecular complexity index is 663. The molecule has 0 atom stereocenters. The Morgan fingerprint density at radius 2 is 2.00 bits per heavy atom. The molecular formula is C17H28FN3O3S. The van der Waals surface area contributed by atoms with Gasteiger partial charge in [-0.05, 0) is 29.7 Å². The van der Waals surface area contributed by atoms with Gasteiger partial charge in [0.05, 0.1) is 12.4 Å². The van der Waals surface area contributed by atoms with Crippen molar-refractivity contribution in [3.05, 3.63) is 35.1 Å². The Morgan fingerprint density at radius 1 is 1.24 bits per heavy atom. The maximum absolute atomic E-state index is 13.5. The summed E-state index contributed by atoms with van der Waals surface area (Å²) in [5, 5.41) is 6.16. The molecule has 0 spiro atoms. The number of benzene rings is 1. The number of aliphatic imine (C=N–C) groups is 1. The van der Waals surface area contributed by atoms with Crippen molar-refractivity contribution in [1.29, 1.82) is 0 Å². The monoisotopic (exact) mass is 373 g/mol. The topological polar surface area (TPSA) is 79.8 Å². The minimum atomic E-state index is -3.19. The second-order valence-corrected chi connectivity index (χ2v) is 7.94. The largest absolute Gasteiger partial charge is 0.380 e. The normalized spacial score (nSPS) is 12.2. The molecule has 142 valence electrons. The molecule has 1 aromatic carbocycles. The van der Waals surface area contributed by atoms with Gasteiger partial charge in [0.1, 0.15) is 5.82 Å². The summed E-state index contributed by atoms with van der Waals surface area (Å²) in [7, 11) is -1.56. The average molecular weight is 373 g/mol. The van der Waals surface area contributed by atoms with Crippen molar-refractivity contribution in [2.75, 3.05) is 33.1 Å². The third kappa shape index (κ3) is 9.40. The highest BCUT2D eigenvalue weighted by molar-refractivity contribution is 7.89. The van der Waals surface area contributed by atoms with Crippen LogP contribution in [-0.2, 0) is 26.9 Å². The molecule has 0 fully saturated rings. The maximum atomic E-state index is 13.5. The Kier molecular flexibility index (Phi) is 9.44. The zero-order valence-corrected chi connectivity index (χ0v) is 16.0. The zero-order chi connectivity index (χ0) is 18.7. The van der Waals surface area contributed by atoms with Gasteiger partial charge in [-0.15, -0.1) is 0 Å². The lowest BCUT2D eigenvalue weighted by atomic mass is 10.1. The van der Waals surface area contributed by atoms with Gasteiger partial charge < -0.3 is 15.4 Å². The third-order valence-corrected chi connectivity index (χ3v) is 4.27. The number of nitrogens with zero attached hydrogens (tertiary/aromatic N) is 1. The Balaban J connectivity index is 2.56. The minimum Gasteiger partial charge on any atom is -0.380 e. The van der Waals surface area contributed by atoms with E-state index in [1.165, 1.54) is 18.2 Å². The number of ether oxygens (including phenoxy) is 1.